The highest BCUT2D eigenvalue weighted by Crippen LogP contribution is 2.13. The van der Waals surface area contributed by atoms with E-state index in [2.05, 4.69) is 106 Å². The number of unbranched alkanes of at least 4 members (excludes halogenated alkanes) is 16. The third-order valence-electron chi connectivity index (χ3n) is 9.43. The Morgan fingerprint density at radius 1 is 0.411 bits per heavy atom. The molecule has 0 saturated carbocycles. The Balaban J connectivity index is 4.16. The quantitative estimate of drug-likeness (QED) is 0.0351. The van der Waals surface area contributed by atoms with E-state index in [-0.39, 0.29) is 25.2 Å². The van der Waals surface area contributed by atoms with Crippen molar-refractivity contribution < 1.29 is 23.8 Å². The molecular formula is C51H86O5. The van der Waals surface area contributed by atoms with E-state index in [1.807, 2.05) is 0 Å². The van der Waals surface area contributed by atoms with Gasteiger partial charge in [0.15, 0.2) is 6.10 Å². The minimum atomic E-state index is -0.575. The predicted molar refractivity (Wildman–Crippen MR) is 242 cm³/mol. The smallest absolute Gasteiger partial charge is 0.306 e. The van der Waals surface area contributed by atoms with Crippen LogP contribution in [-0.4, -0.2) is 37.9 Å². The number of carbonyl (C=O) groups excluding carboxylic acids is 2. The number of carbonyl (C=O) groups is 2. The lowest BCUT2D eigenvalue weighted by atomic mass is 10.1. The third kappa shape index (κ3) is 43.8. The van der Waals surface area contributed by atoms with Crippen molar-refractivity contribution in [2.45, 2.75) is 207 Å². The van der Waals surface area contributed by atoms with Crippen molar-refractivity contribution in [1.82, 2.24) is 0 Å². The molecule has 0 saturated heterocycles. The summed E-state index contributed by atoms with van der Waals surface area (Å²) in [4.78, 5) is 25.0. The van der Waals surface area contributed by atoms with E-state index in [1.54, 1.807) is 0 Å². The first-order valence-corrected chi connectivity index (χ1v) is 23.1. The van der Waals surface area contributed by atoms with Gasteiger partial charge in [-0.05, 0) is 83.5 Å². The van der Waals surface area contributed by atoms with Gasteiger partial charge in [0.05, 0.1) is 13.2 Å². The van der Waals surface area contributed by atoms with Crippen LogP contribution in [0.25, 0.3) is 0 Å². The molecule has 0 aromatic heterocycles. The van der Waals surface area contributed by atoms with Crippen LogP contribution in [0.15, 0.2) is 85.1 Å². The molecule has 0 aliphatic heterocycles. The average Bonchev–Trinajstić information content (AvgIpc) is 3.20. The standard InChI is InChI=1S/C51H86O5/c1-4-7-10-13-15-17-19-21-23-25-26-27-28-30-32-34-36-39-41-44-50(52)55-48-49(56-51(53)45-42-38-12-9-6-3)47-54-46-43-40-37-35-33-31-29-24-22-20-18-16-14-11-8-5-2/h8,11,15-18,21-24,31,33,37,40,49H,4-7,9-10,12-14,19-20,25-30,32,34-36,38-39,41-48H2,1-3H3/b11-8-,17-15-,18-16-,23-21-,24-22-,33-31-,40-37-. The summed E-state index contributed by atoms with van der Waals surface area (Å²) in [5.74, 6) is -0.460. The minimum absolute atomic E-state index is 0.0496. The van der Waals surface area contributed by atoms with Gasteiger partial charge in [-0.1, -0.05) is 189 Å². The molecule has 0 heterocycles. The predicted octanol–water partition coefficient (Wildman–Crippen LogP) is 15.3. The van der Waals surface area contributed by atoms with Gasteiger partial charge in [0.25, 0.3) is 0 Å². The van der Waals surface area contributed by atoms with Gasteiger partial charge in [-0.25, -0.2) is 0 Å². The van der Waals surface area contributed by atoms with Crippen molar-refractivity contribution in [1.29, 1.82) is 0 Å². The number of ether oxygens (including phenoxy) is 3. The van der Waals surface area contributed by atoms with Gasteiger partial charge < -0.3 is 14.2 Å². The van der Waals surface area contributed by atoms with Crippen LogP contribution in [0.1, 0.15) is 201 Å². The maximum absolute atomic E-state index is 12.5. The van der Waals surface area contributed by atoms with Crippen LogP contribution >= 0.6 is 0 Å². The van der Waals surface area contributed by atoms with Crippen molar-refractivity contribution in [3.63, 3.8) is 0 Å². The van der Waals surface area contributed by atoms with Crippen molar-refractivity contribution >= 4 is 11.9 Å². The van der Waals surface area contributed by atoms with E-state index in [0.29, 0.717) is 19.4 Å². The molecule has 320 valence electrons. The Morgan fingerprint density at radius 2 is 0.804 bits per heavy atom. The Morgan fingerprint density at radius 3 is 1.32 bits per heavy atom. The van der Waals surface area contributed by atoms with Crippen LogP contribution in [0.3, 0.4) is 0 Å². The van der Waals surface area contributed by atoms with Gasteiger partial charge >= 0.3 is 11.9 Å². The van der Waals surface area contributed by atoms with Gasteiger partial charge in [0.1, 0.15) is 6.61 Å². The zero-order valence-electron chi connectivity index (χ0n) is 36.6. The Hall–Kier alpha value is -2.92. The normalized spacial score (nSPS) is 13.0. The lowest BCUT2D eigenvalue weighted by Gasteiger charge is -2.18. The molecule has 0 rings (SSSR count). The van der Waals surface area contributed by atoms with Gasteiger partial charge in [-0.3, -0.25) is 9.59 Å². The second kappa shape index (κ2) is 46.5. The van der Waals surface area contributed by atoms with Gasteiger partial charge in [0.2, 0.25) is 0 Å². The van der Waals surface area contributed by atoms with Gasteiger partial charge in [-0.2, -0.15) is 0 Å². The molecule has 0 radical (unpaired) electrons. The molecule has 0 aliphatic carbocycles. The summed E-state index contributed by atoms with van der Waals surface area (Å²) in [7, 11) is 0. The summed E-state index contributed by atoms with van der Waals surface area (Å²) in [5.41, 5.74) is 0. The number of hydrogen-bond donors (Lipinski definition) is 0. The first-order chi connectivity index (χ1) is 27.6. The van der Waals surface area contributed by atoms with Crippen LogP contribution in [0.2, 0.25) is 0 Å². The third-order valence-corrected chi connectivity index (χ3v) is 9.43. The Bertz CT molecular complexity index is 1060. The molecular weight excluding hydrogens is 693 g/mol. The summed E-state index contributed by atoms with van der Waals surface area (Å²) in [5, 5.41) is 0. The van der Waals surface area contributed by atoms with Crippen LogP contribution in [-0.2, 0) is 23.8 Å². The number of rotatable bonds is 41. The van der Waals surface area contributed by atoms with Crippen LogP contribution in [0, 0.1) is 0 Å². The van der Waals surface area contributed by atoms with E-state index >= 15 is 0 Å². The van der Waals surface area contributed by atoms with E-state index in [9.17, 15) is 9.59 Å². The maximum Gasteiger partial charge on any atom is 0.306 e. The summed E-state index contributed by atoms with van der Waals surface area (Å²) in [6.45, 7) is 7.39. The highest BCUT2D eigenvalue weighted by Gasteiger charge is 2.17. The molecule has 0 aromatic carbocycles. The average molecular weight is 779 g/mol. The molecule has 0 bridgehead atoms. The molecule has 0 aromatic rings. The van der Waals surface area contributed by atoms with Crippen LogP contribution in [0.4, 0.5) is 0 Å². The molecule has 0 fully saturated rings. The van der Waals surface area contributed by atoms with Crippen LogP contribution in [0.5, 0.6) is 0 Å². The maximum atomic E-state index is 12.5. The molecule has 5 nitrogen and oxygen atoms in total. The van der Waals surface area contributed by atoms with E-state index < -0.39 is 6.10 Å². The fourth-order valence-corrected chi connectivity index (χ4v) is 6.01. The molecule has 56 heavy (non-hydrogen) atoms. The molecule has 0 amide bonds. The van der Waals surface area contributed by atoms with Crippen molar-refractivity contribution in [3.8, 4) is 0 Å². The van der Waals surface area contributed by atoms with Crippen LogP contribution < -0.4 is 0 Å². The first-order valence-electron chi connectivity index (χ1n) is 23.1. The Kier molecular flexibility index (Phi) is 44.0. The number of hydrogen-bond acceptors (Lipinski definition) is 5. The topological polar surface area (TPSA) is 61.8 Å². The van der Waals surface area contributed by atoms with Crippen molar-refractivity contribution in [2.75, 3.05) is 19.8 Å². The molecule has 0 spiro atoms. The van der Waals surface area contributed by atoms with E-state index in [4.69, 9.17) is 14.2 Å². The fraction of sp³-hybridized carbons (Fsp3) is 0.686. The summed E-state index contributed by atoms with van der Waals surface area (Å²) in [6.07, 6.45) is 60.6. The molecule has 0 aliphatic rings. The minimum Gasteiger partial charge on any atom is -0.462 e. The second-order valence-corrected chi connectivity index (χ2v) is 14.9. The lowest BCUT2D eigenvalue weighted by molar-refractivity contribution is -0.162. The zero-order chi connectivity index (χ0) is 40.7. The zero-order valence-corrected chi connectivity index (χ0v) is 36.6. The molecule has 1 unspecified atom stereocenters. The highest BCUT2D eigenvalue weighted by molar-refractivity contribution is 5.70. The number of esters is 2. The highest BCUT2D eigenvalue weighted by atomic mass is 16.6. The summed E-state index contributed by atoms with van der Waals surface area (Å²) < 4.78 is 17.1. The molecule has 0 N–H and O–H groups in total. The van der Waals surface area contributed by atoms with Crippen molar-refractivity contribution in [2.24, 2.45) is 0 Å². The molecule has 1 atom stereocenters. The van der Waals surface area contributed by atoms with Crippen molar-refractivity contribution in [3.05, 3.63) is 85.1 Å². The first kappa shape index (κ1) is 53.1. The van der Waals surface area contributed by atoms with Gasteiger partial charge in [0, 0.05) is 12.8 Å². The monoisotopic (exact) mass is 779 g/mol. The largest absolute Gasteiger partial charge is 0.462 e. The molecule has 5 heteroatoms. The summed E-state index contributed by atoms with van der Waals surface area (Å²) in [6, 6.07) is 0. The van der Waals surface area contributed by atoms with E-state index in [1.165, 1.54) is 83.5 Å². The van der Waals surface area contributed by atoms with Gasteiger partial charge in [-0.15, -0.1) is 0 Å². The fourth-order valence-electron chi connectivity index (χ4n) is 6.01. The number of allylic oxidation sites excluding steroid dienone is 13. The lowest BCUT2D eigenvalue weighted by Crippen LogP contribution is -2.30. The van der Waals surface area contributed by atoms with E-state index in [0.717, 1.165) is 83.5 Å². The second-order valence-electron chi connectivity index (χ2n) is 14.9. The Labute approximate surface area is 346 Å². The summed E-state index contributed by atoms with van der Waals surface area (Å²) >= 11 is 0. The SMILES string of the molecule is CC/C=C\C/C=C\C/C=C\C/C=C\C/C=C\CCOCC(COC(=O)CCCCCCCCCCC/C=C\C/C=C\CCCCC)OC(=O)CCCCCCC.